The predicted molar refractivity (Wildman–Crippen MR) is 142 cm³/mol. The van der Waals surface area contributed by atoms with Gasteiger partial charge in [0.1, 0.15) is 24.7 Å². The summed E-state index contributed by atoms with van der Waals surface area (Å²) < 4.78 is 24.6. The van der Waals surface area contributed by atoms with Crippen molar-refractivity contribution in [2.75, 3.05) is 26.9 Å². The third-order valence-electron chi connectivity index (χ3n) is 5.57. The van der Waals surface area contributed by atoms with E-state index in [0.29, 0.717) is 66.6 Å². The van der Waals surface area contributed by atoms with E-state index in [1.54, 1.807) is 23.9 Å². The Balaban J connectivity index is 1.62. The minimum atomic E-state index is -0.835. The molecule has 3 rings (SSSR count). The third-order valence-corrected chi connectivity index (χ3v) is 6.16. The monoisotopic (exact) mass is 550 g/mol. The molecule has 1 aromatic heterocycles. The zero-order valence-corrected chi connectivity index (χ0v) is 22.6. The van der Waals surface area contributed by atoms with Gasteiger partial charge in [0.15, 0.2) is 0 Å². The van der Waals surface area contributed by atoms with E-state index >= 15 is 0 Å². The standard InChI is InChI=1S/C27H32Cl2N2O6/c1-3-31-22(9-11-27(32)33)16-26(30-31)36-12-4-5-19-7-10-23(35-14-13-34-2)17-25(19)37-18-20-6-8-21(28)15-24(20)29/h6-8,10,15-17H,3-5,9,11-14,18H2,1-2H3,(H,32,33). The maximum absolute atomic E-state index is 10.9. The summed E-state index contributed by atoms with van der Waals surface area (Å²) in [5.74, 6) is 1.05. The second-order valence-corrected chi connectivity index (χ2v) is 9.11. The molecular formula is C27H32Cl2N2O6. The number of rotatable bonds is 16. The molecule has 0 atom stereocenters. The zero-order valence-electron chi connectivity index (χ0n) is 21.0. The van der Waals surface area contributed by atoms with Crippen LogP contribution in [0.2, 0.25) is 10.0 Å². The number of aromatic nitrogens is 2. The fraction of sp³-hybridized carbons (Fsp3) is 0.407. The minimum Gasteiger partial charge on any atom is -0.491 e. The average Bonchev–Trinajstić information content (AvgIpc) is 3.28. The minimum absolute atomic E-state index is 0.0559. The molecule has 0 saturated carbocycles. The summed E-state index contributed by atoms with van der Waals surface area (Å²) in [4.78, 5) is 10.9. The van der Waals surface area contributed by atoms with Crippen molar-refractivity contribution < 1.29 is 28.8 Å². The first-order chi connectivity index (χ1) is 17.9. The molecule has 0 bridgehead atoms. The zero-order chi connectivity index (χ0) is 26.6. The first-order valence-corrected chi connectivity index (χ1v) is 12.9. The van der Waals surface area contributed by atoms with Crippen LogP contribution in [-0.4, -0.2) is 47.8 Å². The normalized spacial score (nSPS) is 10.9. The van der Waals surface area contributed by atoms with E-state index in [1.807, 2.05) is 37.3 Å². The highest BCUT2D eigenvalue weighted by atomic mass is 35.5. The molecule has 0 spiro atoms. The van der Waals surface area contributed by atoms with Gasteiger partial charge in [0, 0.05) is 47.1 Å². The fourth-order valence-electron chi connectivity index (χ4n) is 3.65. The molecule has 0 saturated heterocycles. The number of aryl methyl sites for hydroxylation is 3. The number of hydrogen-bond acceptors (Lipinski definition) is 6. The molecule has 37 heavy (non-hydrogen) atoms. The van der Waals surface area contributed by atoms with Gasteiger partial charge >= 0.3 is 5.97 Å². The lowest BCUT2D eigenvalue weighted by Crippen LogP contribution is -2.06. The second-order valence-electron chi connectivity index (χ2n) is 8.27. The molecule has 0 aliphatic rings. The summed E-state index contributed by atoms with van der Waals surface area (Å²) in [6, 6.07) is 12.9. The molecule has 2 aromatic carbocycles. The number of halogens is 2. The van der Waals surface area contributed by atoms with Crippen LogP contribution < -0.4 is 14.2 Å². The van der Waals surface area contributed by atoms with E-state index in [1.165, 1.54) is 0 Å². The van der Waals surface area contributed by atoms with E-state index in [4.69, 9.17) is 47.3 Å². The molecule has 0 radical (unpaired) electrons. The van der Waals surface area contributed by atoms with Crippen molar-refractivity contribution in [3.63, 3.8) is 0 Å². The van der Waals surface area contributed by atoms with Gasteiger partial charge in [-0.2, -0.15) is 0 Å². The van der Waals surface area contributed by atoms with Gasteiger partial charge in [0.25, 0.3) is 0 Å². The third kappa shape index (κ3) is 9.14. The largest absolute Gasteiger partial charge is 0.491 e. The quantitative estimate of drug-likeness (QED) is 0.224. The maximum atomic E-state index is 10.9. The van der Waals surface area contributed by atoms with Crippen molar-refractivity contribution >= 4 is 29.2 Å². The Morgan fingerprint density at radius 3 is 2.51 bits per heavy atom. The second kappa shape index (κ2) is 14.7. The Bertz CT molecular complexity index is 1170. The van der Waals surface area contributed by atoms with Crippen LogP contribution in [0, 0.1) is 0 Å². The first kappa shape index (κ1) is 28.6. The number of methoxy groups -OCH3 is 1. The Hall–Kier alpha value is -2.94. The van der Waals surface area contributed by atoms with Gasteiger partial charge in [-0.05, 0) is 49.9 Å². The molecule has 0 unspecified atom stereocenters. The highest BCUT2D eigenvalue weighted by Gasteiger charge is 2.12. The number of carboxylic acid groups (broad SMARTS) is 1. The van der Waals surface area contributed by atoms with Gasteiger partial charge in [-0.1, -0.05) is 35.3 Å². The summed E-state index contributed by atoms with van der Waals surface area (Å²) in [6.07, 6.45) is 1.91. The molecule has 0 aliphatic carbocycles. The van der Waals surface area contributed by atoms with Crippen LogP contribution >= 0.6 is 23.2 Å². The number of carbonyl (C=O) groups is 1. The van der Waals surface area contributed by atoms with E-state index < -0.39 is 5.97 Å². The lowest BCUT2D eigenvalue weighted by atomic mass is 10.1. The van der Waals surface area contributed by atoms with Gasteiger partial charge in [0.05, 0.1) is 19.6 Å². The summed E-state index contributed by atoms with van der Waals surface area (Å²) in [7, 11) is 1.63. The highest BCUT2D eigenvalue weighted by Crippen LogP contribution is 2.29. The number of ether oxygens (including phenoxy) is 4. The predicted octanol–water partition coefficient (Wildman–Crippen LogP) is 5.84. The lowest BCUT2D eigenvalue weighted by molar-refractivity contribution is -0.137. The summed E-state index contributed by atoms with van der Waals surface area (Å²) >= 11 is 12.3. The van der Waals surface area contributed by atoms with Gasteiger partial charge in [-0.15, -0.1) is 5.10 Å². The van der Waals surface area contributed by atoms with E-state index in [0.717, 1.165) is 23.2 Å². The first-order valence-electron chi connectivity index (χ1n) is 12.1. The van der Waals surface area contributed by atoms with E-state index in [2.05, 4.69) is 5.10 Å². The fourth-order valence-corrected chi connectivity index (χ4v) is 4.11. The summed E-state index contributed by atoms with van der Waals surface area (Å²) in [5, 5.41) is 14.5. The van der Waals surface area contributed by atoms with Crippen molar-refractivity contribution in [3.8, 4) is 17.4 Å². The topological polar surface area (TPSA) is 92.0 Å². The van der Waals surface area contributed by atoms with Gasteiger partial charge in [0.2, 0.25) is 5.88 Å². The molecule has 1 N–H and O–H groups in total. The Morgan fingerprint density at radius 1 is 0.973 bits per heavy atom. The number of hydrogen-bond donors (Lipinski definition) is 1. The molecular weight excluding hydrogens is 519 g/mol. The van der Waals surface area contributed by atoms with Crippen LogP contribution in [0.4, 0.5) is 0 Å². The van der Waals surface area contributed by atoms with Crippen molar-refractivity contribution in [1.29, 1.82) is 0 Å². The number of aliphatic carboxylic acids is 1. The highest BCUT2D eigenvalue weighted by molar-refractivity contribution is 6.35. The summed E-state index contributed by atoms with van der Waals surface area (Å²) in [5.41, 5.74) is 2.69. The van der Waals surface area contributed by atoms with Crippen molar-refractivity contribution in [1.82, 2.24) is 9.78 Å². The van der Waals surface area contributed by atoms with Crippen LogP contribution in [0.1, 0.15) is 36.6 Å². The van der Waals surface area contributed by atoms with Crippen LogP contribution in [0.15, 0.2) is 42.5 Å². The number of benzene rings is 2. The summed E-state index contributed by atoms with van der Waals surface area (Å²) in [6.45, 7) is 4.27. The van der Waals surface area contributed by atoms with Crippen molar-refractivity contribution in [3.05, 3.63) is 69.3 Å². The molecule has 200 valence electrons. The Morgan fingerprint density at radius 2 is 1.78 bits per heavy atom. The number of nitrogens with zero attached hydrogens (tertiary/aromatic N) is 2. The van der Waals surface area contributed by atoms with Gasteiger partial charge in [-0.25, -0.2) is 0 Å². The van der Waals surface area contributed by atoms with E-state index in [9.17, 15) is 4.79 Å². The Kier molecular flexibility index (Phi) is 11.4. The molecule has 8 nitrogen and oxygen atoms in total. The maximum Gasteiger partial charge on any atom is 0.303 e. The number of carboxylic acids is 1. The van der Waals surface area contributed by atoms with Crippen molar-refractivity contribution in [2.45, 2.75) is 45.8 Å². The Labute approximate surface area is 227 Å². The molecule has 10 heteroatoms. The van der Waals surface area contributed by atoms with Crippen LogP contribution in [-0.2, 0) is 35.5 Å². The molecule has 3 aromatic rings. The van der Waals surface area contributed by atoms with Crippen LogP contribution in [0.3, 0.4) is 0 Å². The molecule has 0 aliphatic heterocycles. The van der Waals surface area contributed by atoms with Crippen LogP contribution in [0.5, 0.6) is 17.4 Å². The van der Waals surface area contributed by atoms with Gasteiger partial charge < -0.3 is 24.1 Å². The average molecular weight is 551 g/mol. The smallest absolute Gasteiger partial charge is 0.303 e. The molecule has 0 fully saturated rings. The SMILES string of the molecule is CCn1nc(OCCCc2ccc(OCCOC)cc2OCc2ccc(Cl)cc2Cl)cc1CCC(=O)O. The lowest BCUT2D eigenvalue weighted by Gasteiger charge is -2.15. The van der Waals surface area contributed by atoms with Crippen molar-refractivity contribution in [2.24, 2.45) is 0 Å². The molecule has 1 heterocycles. The van der Waals surface area contributed by atoms with Gasteiger partial charge in [-0.3, -0.25) is 9.48 Å². The molecule has 0 amide bonds. The van der Waals surface area contributed by atoms with Crippen LogP contribution in [0.25, 0.3) is 0 Å². The van der Waals surface area contributed by atoms with E-state index in [-0.39, 0.29) is 13.0 Å².